The van der Waals surface area contributed by atoms with E-state index < -0.39 is 9.84 Å². The van der Waals surface area contributed by atoms with E-state index in [1.54, 1.807) is 36.4 Å². The molecule has 0 aliphatic carbocycles. The van der Waals surface area contributed by atoms with Crippen molar-refractivity contribution in [1.29, 1.82) is 0 Å². The van der Waals surface area contributed by atoms with Crippen LogP contribution in [-0.2, 0) is 9.84 Å². The molecule has 2 rings (SSSR count). The topological polar surface area (TPSA) is 63.2 Å². The van der Waals surface area contributed by atoms with E-state index in [-0.39, 0.29) is 16.8 Å². The van der Waals surface area contributed by atoms with Crippen LogP contribution >= 0.6 is 22.6 Å². The van der Waals surface area contributed by atoms with E-state index in [1.165, 1.54) is 6.26 Å². The summed E-state index contributed by atoms with van der Waals surface area (Å²) < 4.78 is 24.1. The van der Waals surface area contributed by atoms with Gasteiger partial charge in [0.25, 0.3) is 5.91 Å². The Hall–Kier alpha value is -1.41. The Morgan fingerprint density at radius 3 is 2.13 bits per heavy atom. The molecule has 0 aromatic heterocycles. The zero-order valence-corrected chi connectivity index (χ0v) is 15.9. The number of nitrogens with one attached hydrogen (secondary N) is 1. The lowest BCUT2D eigenvalue weighted by molar-refractivity contribution is 0.0935. The second-order valence-electron chi connectivity index (χ2n) is 5.28. The lowest BCUT2D eigenvalue weighted by atomic mass is 10.0. The molecule has 0 heterocycles. The number of halogens is 1. The highest BCUT2D eigenvalue weighted by molar-refractivity contribution is 14.1. The lowest BCUT2D eigenvalue weighted by Crippen LogP contribution is -2.28. The molecule has 2 aromatic carbocycles. The molecule has 23 heavy (non-hydrogen) atoms. The molecular formula is C17H18INO3S. The molecule has 0 saturated heterocycles. The Balaban J connectivity index is 2.16. The summed E-state index contributed by atoms with van der Waals surface area (Å²) in [5.74, 6) is -0.138. The van der Waals surface area contributed by atoms with Crippen molar-refractivity contribution in [2.45, 2.75) is 24.3 Å². The van der Waals surface area contributed by atoms with Crippen LogP contribution in [-0.4, -0.2) is 20.6 Å². The summed E-state index contributed by atoms with van der Waals surface area (Å²) >= 11 is 2.19. The van der Waals surface area contributed by atoms with Gasteiger partial charge in [-0.25, -0.2) is 8.42 Å². The number of hydrogen-bond donors (Lipinski definition) is 1. The molecule has 0 aliphatic heterocycles. The first-order valence-corrected chi connectivity index (χ1v) is 10.1. The third-order valence-electron chi connectivity index (χ3n) is 3.53. The van der Waals surface area contributed by atoms with E-state index >= 15 is 0 Å². The predicted octanol–water partition coefficient (Wildman–Crippen LogP) is 3.58. The van der Waals surface area contributed by atoms with Crippen LogP contribution in [0.1, 0.15) is 35.3 Å². The van der Waals surface area contributed by atoms with E-state index in [1.807, 2.05) is 19.1 Å². The highest BCUT2D eigenvalue weighted by atomic mass is 127. The van der Waals surface area contributed by atoms with Crippen molar-refractivity contribution >= 4 is 38.3 Å². The quantitative estimate of drug-likeness (QED) is 0.719. The van der Waals surface area contributed by atoms with E-state index in [0.717, 1.165) is 9.13 Å². The van der Waals surface area contributed by atoms with Crippen LogP contribution in [0.4, 0.5) is 0 Å². The number of carbonyl (C=O) groups is 1. The minimum absolute atomic E-state index is 0.138. The summed E-state index contributed by atoms with van der Waals surface area (Å²) in [6, 6.07) is 13.8. The second kappa shape index (κ2) is 7.44. The summed E-state index contributed by atoms with van der Waals surface area (Å²) in [5.41, 5.74) is 1.50. The molecule has 0 saturated carbocycles. The van der Waals surface area contributed by atoms with Crippen LogP contribution in [0.15, 0.2) is 53.4 Å². The van der Waals surface area contributed by atoms with Gasteiger partial charge < -0.3 is 5.32 Å². The minimum Gasteiger partial charge on any atom is -0.345 e. The largest absolute Gasteiger partial charge is 0.345 e. The first-order valence-electron chi connectivity index (χ1n) is 7.17. The average Bonchev–Trinajstić information content (AvgIpc) is 2.52. The zero-order valence-electron chi connectivity index (χ0n) is 12.9. The molecule has 0 spiro atoms. The fourth-order valence-corrected chi connectivity index (χ4v) is 3.20. The number of benzene rings is 2. The molecule has 1 atom stereocenters. The predicted molar refractivity (Wildman–Crippen MR) is 99.2 cm³/mol. The van der Waals surface area contributed by atoms with Crippen molar-refractivity contribution in [3.8, 4) is 0 Å². The fourth-order valence-electron chi connectivity index (χ4n) is 2.21. The summed E-state index contributed by atoms with van der Waals surface area (Å²) in [5, 5.41) is 2.99. The van der Waals surface area contributed by atoms with Crippen molar-refractivity contribution in [1.82, 2.24) is 5.32 Å². The smallest absolute Gasteiger partial charge is 0.251 e. The van der Waals surface area contributed by atoms with E-state index in [2.05, 4.69) is 27.9 Å². The molecule has 6 heteroatoms. The number of sulfone groups is 1. The Bertz CT molecular complexity index is 784. The summed E-state index contributed by atoms with van der Waals surface area (Å²) in [6.07, 6.45) is 1.90. The first kappa shape index (κ1) is 17.9. The fraction of sp³-hybridized carbons (Fsp3) is 0.235. The van der Waals surface area contributed by atoms with Gasteiger partial charge in [0.2, 0.25) is 0 Å². The number of rotatable bonds is 5. The minimum atomic E-state index is -3.21. The molecular weight excluding hydrogens is 425 g/mol. The van der Waals surface area contributed by atoms with Gasteiger partial charge in [-0.15, -0.1) is 0 Å². The molecule has 1 amide bonds. The van der Waals surface area contributed by atoms with Crippen molar-refractivity contribution < 1.29 is 13.2 Å². The van der Waals surface area contributed by atoms with Gasteiger partial charge in [0.05, 0.1) is 10.9 Å². The molecule has 0 unspecified atom stereocenters. The van der Waals surface area contributed by atoms with Crippen LogP contribution < -0.4 is 5.32 Å². The van der Waals surface area contributed by atoms with Crippen molar-refractivity contribution in [3.63, 3.8) is 0 Å². The van der Waals surface area contributed by atoms with Gasteiger partial charge in [0.15, 0.2) is 9.84 Å². The molecule has 2 aromatic rings. The highest BCUT2D eigenvalue weighted by Crippen LogP contribution is 2.20. The SMILES string of the molecule is CC[C@@H](NC(=O)c1ccc(I)cc1)c1ccc(S(C)(=O)=O)cc1. The van der Waals surface area contributed by atoms with Gasteiger partial charge >= 0.3 is 0 Å². The van der Waals surface area contributed by atoms with Gasteiger partial charge in [-0.05, 0) is 71.0 Å². The van der Waals surface area contributed by atoms with Crippen LogP contribution in [0.5, 0.6) is 0 Å². The van der Waals surface area contributed by atoms with Crippen molar-refractivity contribution in [3.05, 3.63) is 63.2 Å². The van der Waals surface area contributed by atoms with E-state index in [0.29, 0.717) is 12.0 Å². The van der Waals surface area contributed by atoms with Crippen molar-refractivity contribution in [2.24, 2.45) is 0 Å². The molecule has 0 fully saturated rings. The molecule has 122 valence electrons. The maximum Gasteiger partial charge on any atom is 0.251 e. The average molecular weight is 443 g/mol. The lowest BCUT2D eigenvalue weighted by Gasteiger charge is -2.18. The number of amides is 1. The van der Waals surface area contributed by atoms with Crippen LogP contribution in [0, 0.1) is 3.57 Å². The highest BCUT2D eigenvalue weighted by Gasteiger charge is 2.15. The zero-order chi connectivity index (χ0) is 17.0. The van der Waals surface area contributed by atoms with Crippen LogP contribution in [0.2, 0.25) is 0 Å². The molecule has 4 nitrogen and oxygen atoms in total. The van der Waals surface area contributed by atoms with E-state index in [4.69, 9.17) is 0 Å². The second-order valence-corrected chi connectivity index (χ2v) is 8.54. The third-order valence-corrected chi connectivity index (χ3v) is 5.38. The van der Waals surface area contributed by atoms with Gasteiger partial charge in [0, 0.05) is 15.4 Å². The standard InChI is InChI=1S/C17H18INO3S/c1-3-16(12-6-10-15(11-7-12)23(2,21)22)19-17(20)13-4-8-14(18)9-5-13/h4-11,16H,3H2,1-2H3,(H,19,20)/t16-/m1/s1. The van der Waals surface area contributed by atoms with E-state index in [9.17, 15) is 13.2 Å². The first-order chi connectivity index (χ1) is 10.8. The van der Waals surface area contributed by atoms with Crippen molar-refractivity contribution in [2.75, 3.05) is 6.26 Å². The molecule has 0 radical (unpaired) electrons. The maximum atomic E-state index is 12.3. The summed E-state index contributed by atoms with van der Waals surface area (Å²) in [6.45, 7) is 1.98. The molecule has 0 bridgehead atoms. The van der Waals surface area contributed by atoms with Gasteiger partial charge in [-0.3, -0.25) is 4.79 Å². The third kappa shape index (κ3) is 4.78. The molecule has 1 N–H and O–H groups in total. The number of carbonyl (C=O) groups excluding carboxylic acids is 1. The van der Waals surface area contributed by atoms with Gasteiger partial charge in [-0.2, -0.15) is 0 Å². The summed E-state index contributed by atoms with van der Waals surface area (Å²) in [4.78, 5) is 12.6. The maximum absolute atomic E-state index is 12.3. The van der Waals surface area contributed by atoms with Gasteiger partial charge in [0.1, 0.15) is 0 Å². The summed E-state index contributed by atoms with van der Waals surface area (Å²) in [7, 11) is -3.21. The number of hydrogen-bond acceptors (Lipinski definition) is 3. The Kier molecular flexibility index (Phi) is 5.80. The Labute approximate surface area is 150 Å². The van der Waals surface area contributed by atoms with Gasteiger partial charge in [-0.1, -0.05) is 19.1 Å². The molecule has 0 aliphatic rings. The van der Waals surface area contributed by atoms with Crippen LogP contribution in [0.3, 0.4) is 0 Å². The Morgan fingerprint density at radius 2 is 1.65 bits per heavy atom. The Morgan fingerprint density at radius 1 is 1.09 bits per heavy atom. The normalized spacial score (nSPS) is 12.7. The van der Waals surface area contributed by atoms with Crippen LogP contribution in [0.25, 0.3) is 0 Å². The monoisotopic (exact) mass is 443 g/mol.